The van der Waals surface area contributed by atoms with E-state index in [-0.39, 0.29) is 51.0 Å². The SMILES string of the molecule is CCOC(=O)C1=C(C)N(CCN2C(=O)CC(C(=O)OCC)=C2C)C(=O)C1. The van der Waals surface area contributed by atoms with Gasteiger partial charge < -0.3 is 19.3 Å². The molecule has 26 heavy (non-hydrogen) atoms. The van der Waals surface area contributed by atoms with Crippen LogP contribution >= 0.6 is 0 Å². The van der Waals surface area contributed by atoms with Crippen LogP contribution < -0.4 is 0 Å². The zero-order chi connectivity index (χ0) is 19.4. The normalized spacial score (nSPS) is 17.5. The summed E-state index contributed by atoms with van der Waals surface area (Å²) >= 11 is 0. The number of ether oxygens (including phenoxy) is 2. The molecule has 0 spiro atoms. The third-order valence-corrected chi connectivity index (χ3v) is 4.53. The second-order valence-electron chi connectivity index (χ2n) is 6.01. The van der Waals surface area contributed by atoms with Gasteiger partial charge in [0.05, 0.1) is 37.2 Å². The highest BCUT2D eigenvalue weighted by molar-refractivity contribution is 6.01. The minimum absolute atomic E-state index is 0.00150. The molecule has 0 N–H and O–H groups in total. The zero-order valence-electron chi connectivity index (χ0n) is 15.6. The van der Waals surface area contributed by atoms with Crippen LogP contribution in [-0.2, 0) is 28.7 Å². The largest absolute Gasteiger partial charge is 0.463 e. The van der Waals surface area contributed by atoms with E-state index in [9.17, 15) is 19.2 Å². The Morgan fingerprint density at radius 1 is 0.808 bits per heavy atom. The van der Waals surface area contributed by atoms with E-state index >= 15 is 0 Å². The van der Waals surface area contributed by atoms with Crippen LogP contribution in [0.4, 0.5) is 0 Å². The summed E-state index contributed by atoms with van der Waals surface area (Å²) in [5.74, 6) is -1.38. The molecule has 142 valence electrons. The van der Waals surface area contributed by atoms with E-state index in [1.807, 2.05) is 0 Å². The van der Waals surface area contributed by atoms with E-state index in [2.05, 4.69) is 0 Å². The van der Waals surface area contributed by atoms with Gasteiger partial charge in [-0.1, -0.05) is 0 Å². The molecule has 0 aromatic carbocycles. The molecule has 0 bridgehead atoms. The van der Waals surface area contributed by atoms with Crippen LogP contribution in [0.1, 0.15) is 40.5 Å². The third-order valence-electron chi connectivity index (χ3n) is 4.53. The Kier molecular flexibility index (Phi) is 6.18. The summed E-state index contributed by atoms with van der Waals surface area (Å²) in [7, 11) is 0. The van der Waals surface area contributed by atoms with Crippen molar-refractivity contribution in [3.8, 4) is 0 Å². The molecule has 0 aromatic heterocycles. The minimum atomic E-state index is -0.487. The molecule has 0 unspecified atom stereocenters. The molecule has 0 saturated carbocycles. The van der Waals surface area contributed by atoms with Crippen LogP contribution in [0.3, 0.4) is 0 Å². The summed E-state index contributed by atoms with van der Waals surface area (Å²) < 4.78 is 9.94. The van der Waals surface area contributed by atoms with Crippen LogP contribution in [0.5, 0.6) is 0 Å². The van der Waals surface area contributed by atoms with Gasteiger partial charge in [-0.25, -0.2) is 9.59 Å². The van der Waals surface area contributed by atoms with E-state index in [4.69, 9.17) is 9.47 Å². The van der Waals surface area contributed by atoms with Crippen LogP contribution in [-0.4, -0.2) is 59.9 Å². The molecule has 0 fully saturated rings. The zero-order valence-corrected chi connectivity index (χ0v) is 15.6. The lowest BCUT2D eigenvalue weighted by molar-refractivity contribution is -0.139. The predicted molar refractivity (Wildman–Crippen MR) is 91.3 cm³/mol. The third kappa shape index (κ3) is 3.79. The van der Waals surface area contributed by atoms with Gasteiger partial charge in [-0.15, -0.1) is 0 Å². The van der Waals surface area contributed by atoms with Gasteiger partial charge in [0.25, 0.3) is 0 Å². The fraction of sp³-hybridized carbons (Fsp3) is 0.556. The first-order chi connectivity index (χ1) is 12.3. The summed E-state index contributed by atoms with van der Waals surface area (Å²) in [6.07, 6.45) is 0.00300. The molecule has 0 aromatic rings. The predicted octanol–water partition coefficient (Wildman–Crippen LogP) is 1.13. The molecule has 0 saturated heterocycles. The van der Waals surface area contributed by atoms with Crippen molar-refractivity contribution in [1.29, 1.82) is 0 Å². The van der Waals surface area contributed by atoms with Crippen molar-refractivity contribution in [2.75, 3.05) is 26.3 Å². The van der Waals surface area contributed by atoms with Crippen molar-refractivity contribution in [2.24, 2.45) is 0 Å². The lowest BCUT2D eigenvalue weighted by Crippen LogP contribution is -2.35. The second-order valence-corrected chi connectivity index (χ2v) is 6.01. The Balaban J connectivity index is 2.08. The second kappa shape index (κ2) is 8.16. The highest BCUT2D eigenvalue weighted by Gasteiger charge is 2.35. The fourth-order valence-corrected chi connectivity index (χ4v) is 3.11. The smallest absolute Gasteiger partial charge is 0.336 e. The van der Waals surface area contributed by atoms with Crippen molar-refractivity contribution in [3.63, 3.8) is 0 Å². The number of hydrogen-bond donors (Lipinski definition) is 0. The van der Waals surface area contributed by atoms with Crippen LogP contribution in [0, 0.1) is 0 Å². The van der Waals surface area contributed by atoms with Crippen molar-refractivity contribution in [3.05, 3.63) is 22.5 Å². The molecule has 8 heteroatoms. The first-order valence-electron chi connectivity index (χ1n) is 8.66. The summed E-state index contributed by atoms with van der Waals surface area (Å²) in [5, 5.41) is 0. The van der Waals surface area contributed by atoms with Gasteiger partial charge in [0.1, 0.15) is 0 Å². The number of nitrogens with zero attached hydrogens (tertiary/aromatic N) is 2. The van der Waals surface area contributed by atoms with Gasteiger partial charge in [0, 0.05) is 24.5 Å². The molecule has 8 nitrogen and oxygen atoms in total. The molecule has 2 aliphatic rings. The number of carbonyl (C=O) groups excluding carboxylic acids is 4. The Morgan fingerprint density at radius 2 is 1.15 bits per heavy atom. The maximum atomic E-state index is 12.2. The first kappa shape index (κ1) is 19.7. The number of esters is 2. The molecule has 2 heterocycles. The quantitative estimate of drug-likeness (QED) is 0.629. The minimum Gasteiger partial charge on any atom is -0.463 e. The first-order valence-corrected chi connectivity index (χ1v) is 8.66. The number of allylic oxidation sites excluding steroid dienone is 2. The van der Waals surface area contributed by atoms with E-state index in [0.29, 0.717) is 22.5 Å². The van der Waals surface area contributed by atoms with Gasteiger partial charge in [-0.05, 0) is 27.7 Å². The van der Waals surface area contributed by atoms with Gasteiger partial charge in [0.15, 0.2) is 0 Å². The van der Waals surface area contributed by atoms with E-state index in [1.165, 1.54) is 9.80 Å². The van der Waals surface area contributed by atoms with Crippen LogP contribution in [0.2, 0.25) is 0 Å². The molecule has 2 amide bonds. The monoisotopic (exact) mass is 364 g/mol. The van der Waals surface area contributed by atoms with E-state index < -0.39 is 11.9 Å². The van der Waals surface area contributed by atoms with Gasteiger partial charge in [0.2, 0.25) is 11.8 Å². The van der Waals surface area contributed by atoms with Gasteiger partial charge in [-0.2, -0.15) is 0 Å². The Labute approximate surface area is 152 Å². The number of amides is 2. The van der Waals surface area contributed by atoms with Crippen molar-refractivity contribution < 1.29 is 28.7 Å². The number of carbonyl (C=O) groups is 4. The summed E-state index contributed by atoms with van der Waals surface area (Å²) in [6, 6.07) is 0. The average Bonchev–Trinajstić information content (AvgIpc) is 3.03. The van der Waals surface area contributed by atoms with Crippen molar-refractivity contribution in [1.82, 2.24) is 9.80 Å². The molecule has 0 radical (unpaired) electrons. The maximum absolute atomic E-state index is 12.2. The van der Waals surface area contributed by atoms with E-state index in [0.717, 1.165) is 0 Å². The fourth-order valence-electron chi connectivity index (χ4n) is 3.11. The van der Waals surface area contributed by atoms with Crippen LogP contribution in [0.25, 0.3) is 0 Å². The molecule has 2 rings (SSSR count). The van der Waals surface area contributed by atoms with Crippen LogP contribution in [0.15, 0.2) is 22.5 Å². The highest BCUT2D eigenvalue weighted by Crippen LogP contribution is 2.27. The topological polar surface area (TPSA) is 93.2 Å². The lowest BCUT2D eigenvalue weighted by Gasteiger charge is -2.23. The number of hydrogen-bond acceptors (Lipinski definition) is 6. The Hall–Kier alpha value is -2.64. The molecular weight excluding hydrogens is 340 g/mol. The maximum Gasteiger partial charge on any atom is 0.336 e. The molecular formula is C18H24N2O6. The summed E-state index contributed by atoms with van der Waals surface area (Å²) in [5.41, 5.74) is 1.80. The summed E-state index contributed by atoms with van der Waals surface area (Å²) in [6.45, 7) is 7.76. The molecule has 0 aliphatic carbocycles. The average molecular weight is 364 g/mol. The number of rotatable bonds is 7. The van der Waals surface area contributed by atoms with Crippen molar-refractivity contribution in [2.45, 2.75) is 40.5 Å². The van der Waals surface area contributed by atoms with E-state index in [1.54, 1.807) is 27.7 Å². The molecule has 2 aliphatic heterocycles. The molecule has 0 atom stereocenters. The lowest BCUT2D eigenvalue weighted by atomic mass is 10.2. The van der Waals surface area contributed by atoms with Gasteiger partial charge in [-0.3, -0.25) is 9.59 Å². The van der Waals surface area contributed by atoms with Crippen molar-refractivity contribution >= 4 is 23.8 Å². The summed E-state index contributed by atoms with van der Waals surface area (Å²) in [4.78, 5) is 51.2. The van der Waals surface area contributed by atoms with Gasteiger partial charge >= 0.3 is 11.9 Å². The Morgan fingerprint density at radius 3 is 1.46 bits per heavy atom. The Bertz CT molecular complexity index is 646. The standard InChI is InChI=1S/C18H24N2O6/c1-5-25-17(23)13-9-15(21)19(11(13)3)7-8-20-12(4)14(10-16(20)22)18(24)26-6-2/h5-10H2,1-4H3. The highest BCUT2D eigenvalue weighted by atomic mass is 16.5.